The minimum absolute atomic E-state index is 0.178. The van der Waals surface area contributed by atoms with Gasteiger partial charge in [-0.1, -0.05) is 12.1 Å². The van der Waals surface area contributed by atoms with Crippen molar-refractivity contribution in [1.29, 1.82) is 0 Å². The van der Waals surface area contributed by atoms with E-state index in [2.05, 4.69) is 11.4 Å². The number of anilines is 1. The molecule has 3 N–H and O–H groups in total. The second-order valence-corrected chi connectivity index (χ2v) is 3.88. The molecule has 0 bridgehead atoms. The van der Waals surface area contributed by atoms with E-state index in [9.17, 15) is 4.79 Å². The SMILES string of the molecule is NC(=O)CNc1cccc2ccsc12. The van der Waals surface area contributed by atoms with Crippen LogP contribution in [0.25, 0.3) is 10.1 Å². The van der Waals surface area contributed by atoms with Crippen LogP contribution in [0.3, 0.4) is 0 Å². The number of fused-ring (bicyclic) bond motifs is 1. The lowest BCUT2D eigenvalue weighted by molar-refractivity contribution is -0.116. The molecule has 0 aliphatic heterocycles. The summed E-state index contributed by atoms with van der Waals surface area (Å²) in [5, 5.41) is 6.22. The Morgan fingerprint density at radius 3 is 3.07 bits per heavy atom. The van der Waals surface area contributed by atoms with Gasteiger partial charge in [0.05, 0.1) is 16.9 Å². The average molecular weight is 206 g/mol. The van der Waals surface area contributed by atoms with Crippen LogP contribution in [0.15, 0.2) is 29.6 Å². The predicted molar refractivity (Wildman–Crippen MR) is 59.5 cm³/mol. The number of nitrogens with one attached hydrogen (secondary N) is 1. The molecule has 3 nitrogen and oxygen atoms in total. The number of thiophene rings is 1. The standard InChI is InChI=1S/C10H10N2OS/c11-9(13)6-12-8-3-1-2-7-4-5-14-10(7)8/h1-5,12H,6H2,(H2,11,13). The van der Waals surface area contributed by atoms with Gasteiger partial charge in [-0.3, -0.25) is 4.79 Å². The molecule has 0 atom stereocenters. The van der Waals surface area contributed by atoms with Gasteiger partial charge in [-0.05, 0) is 22.9 Å². The van der Waals surface area contributed by atoms with E-state index in [1.54, 1.807) is 11.3 Å². The van der Waals surface area contributed by atoms with E-state index in [1.165, 1.54) is 5.39 Å². The first-order valence-electron chi connectivity index (χ1n) is 4.26. The van der Waals surface area contributed by atoms with Gasteiger partial charge in [0.2, 0.25) is 5.91 Å². The van der Waals surface area contributed by atoms with Crippen LogP contribution in [-0.2, 0) is 4.79 Å². The maximum Gasteiger partial charge on any atom is 0.236 e. The highest BCUT2D eigenvalue weighted by atomic mass is 32.1. The molecule has 14 heavy (non-hydrogen) atoms. The van der Waals surface area contributed by atoms with Crippen LogP contribution in [0, 0.1) is 0 Å². The lowest BCUT2D eigenvalue weighted by atomic mass is 10.2. The number of hydrogen-bond acceptors (Lipinski definition) is 3. The van der Waals surface area contributed by atoms with E-state index in [0.29, 0.717) is 0 Å². The van der Waals surface area contributed by atoms with Crippen molar-refractivity contribution in [2.24, 2.45) is 5.73 Å². The number of benzene rings is 1. The molecule has 0 aliphatic rings. The van der Waals surface area contributed by atoms with Crippen LogP contribution >= 0.6 is 11.3 Å². The van der Waals surface area contributed by atoms with Crippen molar-refractivity contribution in [3.63, 3.8) is 0 Å². The van der Waals surface area contributed by atoms with Crippen molar-refractivity contribution in [2.75, 3.05) is 11.9 Å². The average Bonchev–Trinajstić information content (AvgIpc) is 2.62. The third kappa shape index (κ3) is 1.70. The van der Waals surface area contributed by atoms with Gasteiger partial charge in [0, 0.05) is 0 Å². The maximum atomic E-state index is 10.6. The summed E-state index contributed by atoms with van der Waals surface area (Å²) in [6.45, 7) is 0.178. The molecule has 0 fully saturated rings. The molecule has 0 radical (unpaired) electrons. The summed E-state index contributed by atoms with van der Waals surface area (Å²) in [7, 11) is 0. The number of primary amides is 1. The molecule has 72 valence electrons. The fraction of sp³-hybridized carbons (Fsp3) is 0.100. The number of nitrogens with two attached hydrogens (primary N) is 1. The monoisotopic (exact) mass is 206 g/mol. The van der Waals surface area contributed by atoms with Crippen LogP contribution in [0.2, 0.25) is 0 Å². The second kappa shape index (κ2) is 3.67. The van der Waals surface area contributed by atoms with Gasteiger partial charge in [0.15, 0.2) is 0 Å². The van der Waals surface area contributed by atoms with Crippen molar-refractivity contribution in [1.82, 2.24) is 0 Å². The number of hydrogen-bond donors (Lipinski definition) is 2. The van der Waals surface area contributed by atoms with Gasteiger partial charge in [-0.25, -0.2) is 0 Å². The van der Waals surface area contributed by atoms with Crippen LogP contribution in [0.4, 0.5) is 5.69 Å². The summed E-state index contributed by atoms with van der Waals surface area (Å²) < 4.78 is 1.16. The van der Waals surface area contributed by atoms with Crippen LogP contribution in [-0.4, -0.2) is 12.5 Å². The Bertz CT molecular complexity index is 464. The van der Waals surface area contributed by atoms with Crippen molar-refractivity contribution in [3.05, 3.63) is 29.6 Å². The number of amides is 1. The summed E-state index contributed by atoms with van der Waals surface area (Å²) in [5.74, 6) is -0.349. The summed E-state index contributed by atoms with van der Waals surface area (Å²) in [5.41, 5.74) is 6.03. The lowest BCUT2D eigenvalue weighted by Crippen LogP contribution is -2.21. The zero-order valence-corrected chi connectivity index (χ0v) is 8.30. The van der Waals surface area contributed by atoms with Crippen LogP contribution in [0.5, 0.6) is 0 Å². The molecule has 1 heterocycles. The van der Waals surface area contributed by atoms with Gasteiger partial charge in [0.1, 0.15) is 0 Å². The minimum Gasteiger partial charge on any atom is -0.375 e. The molecule has 1 amide bonds. The highest BCUT2D eigenvalue weighted by Crippen LogP contribution is 2.28. The van der Waals surface area contributed by atoms with E-state index in [-0.39, 0.29) is 12.5 Å². The number of carbonyl (C=O) groups excluding carboxylic acids is 1. The predicted octanol–water partition coefficient (Wildman–Crippen LogP) is 1.80. The largest absolute Gasteiger partial charge is 0.375 e. The lowest BCUT2D eigenvalue weighted by Gasteiger charge is -2.04. The fourth-order valence-corrected chi connectivity index (χ4v) is 2.20. The second-order valence-electron chi connectivity index (χ2n) is 2.96. The molecule has 0 spiro atoms. The third-order valence-corrected chi connectivity index (χ3v) is 2.90. The first-order valence-corrected chi connectivity index (χ1v) is 5.14. The van der Waals surface area contributed by atoms with Crippen molar-refractivity contribution in [3.8, 4) is 0 Å². The molecule has 0 aliphatic carbocycles. The quantitative estimate of drug-likeness (QED) is 0.804. The van der Waals surface area contributed by atoms with Crippen LogP contribution < -0.4 is 11.1 Å². The van der Waals surface area contributed by atoms with Crippen LogP contribution in [0.1, 0.15) is 0 Å². The Hall–Kier alpha value is -1.55. The minimum atomic E-state index is -0.349. The van der Waals surface area contributed by atoms with Gasteiger partial charge in [-0.15, -0.1) is 11.3 Å². The van der Waals surface area contributed by atoms with E-state index < -0.39 is 0 Å². The van der Waals surface area contributed by atoms with E-state index in [4.69, 9.17) is 5.73 Å². The molecule has 1 aromatic carbocycles. The molecular weight excluding hydrogens is 196 g/mol. The Kier molecular flexibility index (Phi) is 2.37. The summed E-state index contributed by atoms with van der Waals surface area (Å²) >= 11 is 1.65. The highest BCUT2D eigenvalue weighted by Gasteiger charge is 2.01. The highest BCUT2D eigenvalue weighted by molar-refractivity contribution is 7.17. The Morgan fingerprint density at radius 1 is 1.43 bits per heavy atom. The van der Waals surface area contributed by atoms with Gasteiger partial charge < -0.3 is 11.1 Å². The molecule has 1 aromatic heterocycles. The summed E-state index contributed by atoms with van der Waals surface area (Å²) in [4.78, 5) is 10.6. The number of carbonyl (C=O) groups is 1. The summed E-state index contributed by atoms with van der Waals surface area (Å²) in [6.07, 6.45) is 0. The normalized spacial score (nSPS) is 10.3. The fourth-order valence-electron chi connectivity index (χ4n) is 1.31. The van der Waals surface area contributed by atoms with Crippen molar-refractivity contribution in [2.45, 2.75) is 0 Å². The molecule has 0 unspecified atom stereocenters. The molecule has 2 aromatic rings. The van der Waals surface area contributed by atoms with Gasteiger partial charge in [0.25, 0.3) is 0 Å². The molecule has 0 saturated carbocycles. The summed E-state index contributed by atoms with van der Waals surface area (Å²) in [6, 6.07) is 8.00. The zero-order valence-electron chi connectivity index (χ0n) is 7.49. The Morgan fingerprint density at radius 2 is 2.29 bits per heavy atom. The third-order valence-electron chi connectivity index (χ3n) is 1.93. The van der Waals surface area contributed by atoms with Crippen molar-refractivity contribution >= 4 is 33.0 Å². The zero-order chi connectivity index (χ0) is 9.97. The first-order chi connectivity index (χ1) is 6.77. The van der Waals surface area contributed by atoms with E-state index >= 15 is 0 Å². The Labute approximate surface area is 85.5 Å². The topological polar surface area (TPSA) is 55.1 Å². The molecular formula is C10H10N2OS. The molecule has 0 saturated heterocycles. The van der Waals surface area contributed by atoms with Crippen molar-refractivity contribution < 1.29 is 4.79 Å². The smallest absolute Gasteiger partial charge is 0.236 e. The number of rotatable bonds is 3. The Balaban J connectivity index is 2.32. The van der Waals surface area contributed by atoms with Gasteiger partial charge in [-0.2, -0.15) is 0 Å². The van der Waals surface area contributed by atoms with E-state index in [1.807, 2.05) is 23.6 Å². The molecule has 2 rings (SSSR count). The molecule has 4 heteroatoms. The van der Waals surface area contributed by atoms with Gasteiger partial charge >= 0.3 is 0 Å². The first kappa shape index (κ1) is 9.02. The maximum absolute atomic E-state index is 10.6. The van der Waals surface area contributed by atoms with E-state index in [0.717, 1.165) is 10.4 Å².